The van der Waals surface area contributed by atoms with Crippen LogP contribution in [0, 0.1) is 0 Å². The zero-order valence-corrected chi connectivity index (χ0v) is 11.4. The Bertz CT molecular complexity index is 783. The number of fused-ring (bicyclic) bond motifs is 1. The number of rotatable bonds is 2. The molecule has 3 nitrogen and oxygen atoms in total. The molecule has 0 saturated carbocycles. The first kappa shape index (κ1) is 12.3. The van der Waals surface area contributed by atoms with E-state index in [0.717, 1.165) is 10.3 Å². The molecule has 0 unspecified atom stereocenters. The second kappa shape index (κ2) is 5.07. The predicted octanol–water partition coefficient (Wildman–Crippen LogP) is 3.61. The van der Waals surface area contributed by atoms with Crippen molar-refractivity contribution in [1.82, 2.24) is 9.19 Å². The molecule has 94 valence electrons. The van der Waals surface area contributed by atoms with Crippen LogP contribution in [0.5, 0.6) is 0 Å². The van der Waals surface area contributed by atoms with Crippen molar-refractivity contribution in [1.29, 1.82) is 0 Å². The quantitative estimate of drug-likeness (QED) is 0.722. The number of aromatic nitrogens is 2. The highest BCUT2D eigenvalue weighted by molar-refractivity contribution is 7.97. The predicted molar refractivity (Wildman–Crippen MR) is 78.7 cm³/mol. The van der Waals surface area contributed by atoms with E-state index in [4.69, 9.17) is 11.6 Å². The molecule has 0 saturated heterocycles. The van der Waals surface area contributed by atoms with Gasteiger partial charge in [-0.2, -0.15) is 9.19 Å². The molecular weight excluding hydrogens is 280 g/mol. The molecule has 5 heteroatoms. The van der Waals surface area contributed by atoms with Crippen molar-refractivity contribution in [2.45, 2.75) is 4.90 Å². The van der Waals surface area contributed by atoms with Gasteiger partial charge in [-0.3, -0.25) is 4.79 Å². The minimum atomic E-state index is -0.113. The smallest absolute Gasteiger partial charge is 0.266 e. The van der Waals surface area contributed by atoms with Gasteiger partial charge in [0.2, 0.25) is 0 Å². The molecular formula is C14H9ClN2OS. The minimum Gasteiger partial charge on any atom is -0.266 e. The van der Waals surface area contributed by atoms with Gasteiger partial charge >= 0.3 is 0 Å². The topological polar surface area (TPSA) is 34.9 Å². The van der Waals surface area contributed by atoms with Crippen molar-refractivity contribution in [3.8, 4) is 0 Å². The van der Waals surface area contributed by atoms with E-state index in [-0.39, 0.29) is 5.56 Å². The molecule has 0 radical (unpaired) electrons. The van der Waals surface area contributed by atoms with Gasteiger partial charge in [-0.15, -0.1) is 0 Å². The van der Waals surface area contributed by atoms with Gasteiger partial charge in [-0.05, 0) is 30.3 Å². The van der Waals surface area contributed by atoms with E-state index in [1.54, 1.807) is 24.4 Å². The van der Waals surface area contributed by atoms with Crippen LogP contribution in [0.15, 0.2) is 64.4 Å². The van der Waals surface area contributed by atoms with Gasteiger partial charge in [-0.25, -0.2) is 0 Å². The fraction of sp³-hybridized carbons (Fsp3) is 0. The largest absolute Gasteiger partial charge is 0.285 e. The molecule has 3 rings (SSSR count). The molecule has 1 heterocycles. The summed E-state index contributed by atoms with van der Waals surface area (Å²) in [5, 5.41) is 6.34. The van der Waals surface area contributed by atoms with E-state index >= 15 is 0 Å². The van der Waals surface area contributed by atoms with Crippen molar-refractivity contribution >= 4 is 34.3 Å². The van der Waals surface area contributed by atoms with E-state index in [0.29, 0.717) is 10.4 Å². The van der Waals surface area contributed by atoms with Gasteiger partial charge in [0.15, 0.2) is 0 Å². The van der Waals surface area contributed by atoms with Gasteiger partial charge in [0.1, 0.15) is 0 Å². The number of benzene rings is 2. The molecule has 0 atom stereocenters. The Hall–Kier alpha value is -1.78. The van der Waals surface area contributed by atoms with Crippen molar-refractivity contribution in [3.05, 3.63) is 70.1 Å². The Kier molecular flexibility index (Phi) is 3.27. The average molecular weight is 289 g/mol. The van der Waals surface area contributed by atoms with Gasteiger partial charge < -0.3 is 0 Å². The zero-order chi connectivity index (χ0) is 13.2. The first-order valence-electron chi connectivity index (χ1n) is 5.65. The summed E-state index contributed by atoms with van der Waals surface area (Å²) < 4.78 is 1.38. The number of halogens is 1. The molecule has 1 aromatic heterocycles. The van der Waals surface area contributed by atoms with Gasteiger partial charge in [0.05, 0.1) is 11.6 Å². The van der Waals surface area contributed by atoms with Crippen LogP contribution < -0.4 is 5.56 Å². The van der Waals surface area contributed by atoms with Crippen LogP contribution in [0.3, 0.4) is 0 Å². The molecule has 0 aliphatic heterocycles. The summed E-state index contributed by atoms with van der Waals surface area (Å²) >= 11 is 7.10. The van der Waals surface area contributed by atoms with Gasteiger partial charge in [-0.1, -0.05) is 29.8 Å². The zero-order valence-electron chi connectivity index (χ0n) is 9.79. The maximum absolute atomic E-state index is 12.3. The molecule has 0 amide bonds. The van der Waals surface area contributed by atoms with Crippen LogP contribution in [0.1, 0.15) is 0 Å². The second-order valence-corrected chi connectivity index (χ2v) is 5.39. The molecule has 0 fully saturated rings. The maximum atomic E-state index is 12.3. The molecule has 0 aliphatic carbocycles. The normalized spacial score (nSPS) is 10.8. The van der Waals surface area contributed by atoms with Gasteiger partial charge in [0, 0.05) is 27.3 Å². The average Bonchev–Trinajstić information content (AvgIpc) is 2.45. The lowest BCUT2D eigenvalue weighted by atomic mass is 10.2. The summed E-state index contributed by atoms with van der Waals surface area (Å²) in [6, 6.07) is 14.7. The maximum Gasteiger partial charge on any atom is 0.285 e. The monoisotopic (exact) mass is 288 g/mol. The Morgan fingerprint density at radius 1 is 1.05 bits per heavy atom. The molecule has 2 aromatic carbocycles. The minimum absolute atomic E-state index is 0.113. The third kappa shape index (κ3) is 2.50. The van der Waals surface area contributed by atoms with Crippen LogP contribution in [-0.4, -0.2) is 9.19 Å². The van der Waals surface area contributed by atoms with Gasteiger partial charge in [0.25, 0.3) is 5.56 Å². The van der Waals surface area contributed by atoms with Crippen LogP contribution in [0.25, 0.3) is 10.8 Å². The highest BCUT2D eigenvalue weighted by atomic mass is 35.5. The highest BCUT2D eigenvalue weighted by Crippen LogP contribution is 2.20. The van der Waals surface area contributed by atoms with Crippen molar-refractivity contribution in [2.24, 2.45) is 0 Å². The molecule has 0 N–H and O–H groups in total. The second-order valence-electron chi connectivity index (χ2n) is 3.96. The fourth-order valence-corrected chi connectivity index (χ4v) is 2.59. The summed E-state index contributed by atoms with van der Waals surface area (Å²) in [5.74, 6) is 0. The first-order chi connectivity index (χ1) is 9.24. The van der Waals surface area contributed by atoms with Crippen molar-refractivity contribution in [3.63, 3.8) is 0 Å². The van der Waals surface area contributed by atoms with E-state index in [1.807, 2.05) is 30.3 Å². The van der Waals surface area contributed by atoms with Crippen molar-refractivity contribution < 1.29 is 0 Å². The van der Waals surface area contributed by atoms with Crippen LogP contribution in [-0.2, 0) is 0 Å². The molecule has 0 aliphatic rings. The summed E-state index contributed by atoms with van der Waals surface area (Å²) in [5.41, 5.74) is -0.113. The standard InChI is InChI=1S/C14H9ClN2OS/c15-11-5-7-12(8-6-11)19-17-14(18)13-4-2-1-3-10(13)9-16-17/h1-9H. The Morgan fingerprint density at radius 3 is 2.58 bits per heavy atom. The van der Waals surface area contributed by atoms with E-state index < -0.39 is 0 Å². The molecule has 3 aromatic rings. The van der Waals surface area contributed by atoms with E-state index in [9.17, 15) is 4.79 Å². The lowest BCUT2D eigenvalue weighted by molar-refractivity contribution is 0.935. The summed E-state index contributed by atoms with van der Waals surface area (Å²) in [4.78, 5) is 13.2. The third-order valence-corrected chi connectivity index (χ3v) is 3.84. The number of nitrogens with zero attached hydrogens (tertiary/aromatic N) is 2. The lowest BCUT2D eigenvalue weighted by Gasteiger charge is -2.04. The summed E-state index contributed by atoms with van der Waals surface area (Å²) in [6.45, 7) is 0. The molecule has 19 heavy (non-hydrogen) atoms. The SMILES string of the molecule is O=c1c2ccccc2cnn1Sc1ccc(Cl)cc1. The first-order valence-corrected chi connectivity index (χ1v) is 6.80. The van der Waals surface area contributed by atoms with E-state index in [2.05, 4.69) is 5.10 Å². The Balaban J connectivity index is 2.04. The molecule has 0 spiro atoms. The Labute approximate surface area is 119 Å². The Morgan fingerprint density at radius 2 is 1.79 bits per heavy atom. The highest BCUT2D eigenvalue weighted by Gasteiger charge is 2.05. The third-order valence-electron chi connectivity index (χ3n) is 2.67. The number of hydrogen-bond donors (Lipinski definition) is 0. The molecule has 0 bridgehead atoms. The number of hydrogen-bond acceptors (Lipinski definition) is 3. The summed E-state index contributed by atoms with van der Waals surface area (Å²) in [7, 11) is 0. The van der Waals surface area contributed by atoms with Crippen LogP contribution >= 0.6 is 23.5 Å². The van der Waals surface area contributed by atoms with E-state index in [1.165, 1.54) is 16.0 Å². The lowest BCUT2D eigenvalue weighted by Crippen LogP contribution is -2.17. The van der Waals surface area contributed by atoms with Crippen molar-refractivity contribution in [2.75, 3.05) is 0 Å². The summed E-state index contributed by atoms with van der Waals surface area (Å²) in [6.07, 6.45) is 1.69. The van der Waals surface area contributed by atoms with Crippen LogP contribution in [0.2, 0.25) is 5.02 Å². The van der Waals surface area contributed by atoms with Crippen LogP contribution in [0.4, 0.5) is 0 Å². The fourth-order valence-electron chi connectivity index (χ4n) is 1.73.